The van der Waals surface area contributed by atoms with E-state index in [0.717, 1.165) is 12.0 Å². The predicted octanol–water partition coefficient (Wildman–Crippen LogP) is 0.220. The third kappa shape index (κ3) is 4.42. The summed E-state index contributed by atoms with van der Waals surface area (Å²) in [5.41, 5.74) is 3.91. The van der Waals surface area contributed by atoms with E-state index in [-0.39, 0.29) is 12.1 Å². The van der Waals surface area contributed by atoms with Crippen LogP contribution in [0.5, 0.6) is 0 Å². The van der Waals surface area contributed by atoms with Crippen LogP contribution in [-0.4, -0.2) is 28.5 Å². The minimum Gasteiger partial charge on any atom is -0.377 e. The van der Waals surface area contributed by atoms with Gasteiger partial charge in [-0.15, -0.1) is 0 Å². The molecule has 0 bridgehead atoms. The van der Waals surface area contributed by atoms with Gasteiger partial charge in [0.05, 0.1) is 18.9 Å². The summed E-state index contributed by atoms with van der Waals surface area (Å²) in [6.07, 6.45) is 4.89. The summed E-state index contributed by atoms with van der Waals surface area (Å²) < 4.78 is 7.29. The summed E-state index contributed by atoms with van der Waals surface area (Å²) in [6.45, 7) is 4.64. The molecule has 5 heteroatoms. The summed E-state index contributed by atoms with van der Waals surface area (Å²) in [6, 6.07) is 0.136. The maximum absolute atomic E-state index is 5.50. The molecule has 1 heterocycles. The van der Waals surface area contributed by atoms with E-state index in [2.05, 4.69) is 10.5 Å². The molecular formula is C10H20N4O. The van der Waals surface area contributed by atoms with E-state index in [9.17, 15) is 0 Å². The number of hydrogen-bond acceptors (Lipinski definition) is 4. The minimum absolute atomic E-state index is 0.136. The fourth-order valence-corrected chi connectivity index (χ4v) is 1.34. The summed E-state index contributed by atoms with van der Waals surface area (Å²) in [5.74, 6) is 5.46. The van der Waals surface area contributed by atoms with Gasteiger partial charge in [-0.1, -0.05) is 0 Å². The summed E-state index contributed by atoms with van der Waals surface area (Å²) in [4.78, 5) is 0. The highest BCUT2D eigenvalue weighted by molar-refractivity contribution is 5.05. The van der Waals surface area contributed by atoms with Crippen LogP contribution < -0.4 is 11.3 Å². The van der Waals surface area contributed by atoms with E-state index in [1.54, 1.807) is 4.68 Å². The first kappa shape index (κ1) is 12.2. The van der Waals surface area contributed by atoms with Crippen LogP contribution in [0.15, 0.2) is 12.4 Å². The Balaban J connectivity index is 2.39. The summed E-state index contributed by atoms with van der Waals surface area (Å²) >= 11 is 0. The third-order valence-electron chi connectivity index (χ3n) is 2.11. The first-order valence-electron chi connectivity index (χ1n) is 5.17. The van der Waals surface area contributed by atoms with Crippen LogP contribution in [0.3, 0.4) is 0 Å². The standard InChI is InChI=1S/C10H20N4O/c1-8(2)15-7-10(13-11)4-9-5-12-14(3)6-9/h5-6,8,10,13H,4,7,11H2,1-3H3. The van der Waals surface area contributed by atoms with Crippen LogP contribution in [0.2, 0.25) is 0 Å². The van der Waals surface area contributed by atoms with Crippen molar-refractivity contribution in [2.75, 3.05) is 6.61 Å². The van der Waals surface area contributed by atoms with Crippen molar-refractivity contribution in [1.29, 1.82) is 0 Å². The highest BCUT2D eigenvalue weighted by Crippen LogP contribution is 2.02. The molecule has 0 saturated carbocycles. The van der Waals surface area contributed by atoms with Crippen molar-refractivity contribution in [1.82, 2.24) is 15.2 Å². The molecule has 15 heavy (non-hydrogen) atoms. The number of aryl methyl sites for hydroxylation is 1. The summed E-state index contributed by atoms with van der Waals surface area (Å²) in [5, 5.41) is 4.11. The van der Waals surface area contributed by atoms with Crippen molar-refractivity contribution in [3.8, 4) is 0 Å². The maximum Gasteiger partial charge on any atom is 0.0639 e. The Morgan fingerprint density at radius 2 is 2.33 bits per heavy atom. The Morgan fingerprint density at radius 1 is 1.60 bits per heavy atom. The average molecular weight is 212 g/mol. The number of nitrogens with zero attached hydrogens (tertiary/aromatic N) is 2. The smallest absolute Gasteiger partial charge is 0.0639 e. The van der Waals surface area contributed by atoms with Crippen LogP contribution in [0.4, 0.5) is 0 Å². The molecule has 0 aromatic carbocycles. The molecule has 5 nitrogen and oxygen atoms in total. The number of hydrazine groups is 1. The minimum atomic E-state index is 0.136. The van der Waals surface area contributed by atoms with Gasteiger partial charge in [-0.25, -0.2) is 0 Å². The molecular weight excluding hydrogens is 192 g/mol. The highest BCUT2D eigenvalue weighted by Gasteiger charge is 2.09. The van der Waals surface area contributed by atoms with Gasteiger partial charge in [0.2, 0.25) is 0 Å². The molecule has 0 radical (unpaired) electrons. The Kier molecular flexibility index (Phi) is 4.74. The Morgan fingerprint density at radius 3 is 2.80 bits per heavy atom. The average Bonchev–Trinajstić information content (AvgIpc) is 2.58. The number of aromatic nitrogens is 2. The van der Waals surface area contributed by atoms with Crippen LogP contribution in [0, 0.1) is 0 Å². The van der Waals surface area contributed by atoms with Crippen molar-refractivity contribution >= 4 is 0 Å². The zero-order valence-electron chi connectivity index (χ0n) is 9.60. The first-order chi connectivity index (χ1) is 7.11. The predicted molar refractivity (Wildman–Crippen MR) is 59.1 cm³/mol. The largest absolute Gasteiger partial charge is 0.377 e. The monoisotopic (exact) mass is 212 g/mol. The molecule has 1 unspecified atom stereocenters. The zero-order valence-corrected chi connectivity index (χ0v) is 9.60. The van der Waals surface area contributed by atoms with Crippen molar-refractivity contribution in [3.05, 3.63) is 18.0 Å². The van der Waals surface area contributed by atoms with E-state index < -0.39 is 0 Å². The van der Waals surface area contributed by atoms with E-state index in [0.29, 0.717) is 6.61 Å². The molecule has 0 aliphatic carbocycles. The van der Waals surface area contributed by atoms with Gasteiger partial charge in [0, 0.05) is 19.3 Å². The number of rotatable bonds is 6. The normalized spacial score (nSPS) is 13.4. The van der Waals surface area contributed by atoms with Gasteiger partial charge in [-0.2, -0.15) is 5.10 Å². The van der Waals surface area contributed by atoms with Crippen molar-refractivity contribution in [3.63, 3.8) is 0 Å². The fourth-order valence-electron chi connectivity index (χ4n) is 1.34. The van der Waals surface area contributed by atoms with Crippen LogP contribution >= 0.6 is 0 Å². The zero-order chi connectivity index (χ0) is 11.3. The molecule has 0 aliphatic heterocycles. The molecule has 1 aromatic heterocycles. The second kappa shape index (κ2) is 5.85. The highest BCUT2D eigenvalue weighted by atomic mass is 16.5. The molecule has 1 aromatic rings. The molecule has 0 fully saturated rings. The number of nitrogens with two attached hydrogens (primary N) is 1. The lowest BCUT2D eigenvalue weighted by molar-refractivity contribution is 0.0613. The Labute approximate surface area is 90.6 Å². The van der Waals surface area contributed by atoms with E-state index in [1.807, 2.05) is 33.3 Å². The molecule has 0 amide bonds. The quantitative estimate of drug-likeness (QED) is 0.523. The van der Waals surface area contributed by atoms with E-state index in [1.165, 1.54) is 0 Å². The molecule has 1 atom stereocenters. The SMILES string of the molecule is CC(C)OCC(Cc1cnn(C)c1)NN. The maximum atomic E-state index is 5.50. The second-order valence-electron chi connectivity index (χ2n) is 3.97. The molecule has 0 saturated heterocycles. The van der Waals surface area contributed by atoms with Gasteiger partial charge in [0.25, 0.3) is 0 Å². The van der Waals surface area contributed by atoms with Crippen molar-refractivity contribution in [2.24, 2.45) is 12.9 Å². The Bertz CT molecular complexity index is 285. The topological polar surface area (TPSA) is 65.1 Å². The lowest BCUT2D eigenvalue weighted by Crippen LogP contribution is -2.40. The van der Waals surface area contributed by atoms with Crippen LogP contribution in [0.25, 0.3) is 0 Å². The Hall–Kier alpha value is -0.910. The van der Waals surface area contributed by atoms with Gasteiger partial charge in [-0.05, 0) is 25.8 Å². The van der Waals surface area contributed by atoms with Crippen molar-refractivity contribution in [2.45, 2.75) is 32.4 Å². The molecule has 3 N–H and O–H groups in total. The third-order valence-corrected chi connectivity index (χ3v) is 2.11. The van der Waals surface area contributed by atoms with E-state index >= 15 is 0 Å². The van der Waals surface area contributed by atoms with Crippen molar-refractivity contribution < 1.29 is 4.74 Å². The van der Waals surface area contributed by atoms with Gasteiger partial charge >= 0.3 is 0 Å². The molecule has 86 valence electrons. The van der Waals surface area contributed by atoms with Gasteiger partial charge in [0.15, 0.2) is 0 Å². The molecule has 0 spiro atoms. The van der Waals surface area contributed by atoms with Crippen LogP contribution in [-0.2, 0) is 18.2 Å². The van der Waals surface area contributed by atoms with Gasteiger partial charge < -0.3 is 4.74 Å². The fraction of sp³-hybridized carbons (Fsp3) is 0.700. The van der Waals surface area contributed by atoms with Gasteiger partial charge in [0.1, 0.15) is 0 Å². The van der Waals surface area contributed by atoms with Gasteiger partial charge in [-0.3, -0.25) is 16.0 Å². The van der Waals surface area contributed by atoms with E-state index in [4.69, 9.17) is 10.6 Å². The molecule has 1 rings (SSSR count). The summed E-state index contributed by atoms with van der Waals surface area (Å²) in [7, 11) is 1.90. The second-order valence-corrected chi connectivity index (χ2v) is 3.97. The lowest BCUT2D eigenvalue weighted by Gasteiger charge is -2.16. The first-order valence-corrected chi connectivity index (χ1v) is 5.17. The number of hydrogen-bond donors (Lipinski definition) is 2. The number of ether oxygens (including phenoxy) is 1. The molecule has 0 aliphatic rings. The van der Waals surface area contributed by atoms with Crippen LogP contribution in [0.1, 0.15) is 19.4 Å². The number of nitrogens with one attached hydrogen (secondary N) is 1. The lowest BCUT2D eigenvalue weighted by atomic mass is 10.1.